The lowest BCUT2D eigenvalue weighted by molar-refractivity contribution is 0.269. The Kier molecular flexibility index (Phi) is 7.70. The summed E-state index contributed by atoms with van der Waals surface area (Å²) < 4.78 is 12.8. The first-order valence-corrected chi connectivity index (χ1v) is 10.8. The maximum Gasteiger partial charge on any atom is 0.180 e. The molecular weight excluding hydrogens is 473 g/mol. The van der Waals surface area contributed by atoms with Crippen LogP contribution in [0.2, 0.25) is 10.0 Å². The Hall–Kier alpha value is -1.88. The van der Waals surface area contributed by atoms with Crippen molar-refractivity contribution in [2.24, 2.45) is 0 Å². The number of anilines is 1. The largest absolute Gasteiger partial charge is 0.490 e. The monoisotopic (exact) mass is 493 g/mol. The van der Waals surface area contributed by atoms with Crippen LogP contribution >= 0.6 is 39.1 Å². The molecule has 0 aliphatic heterocycles. The Morgan fingerprint density at radius 2 is 1.76 bits per heavy atom. The molecule has 0 aliphatic rings. The predicted octanol–water partition coefficient (Wildman–Crippen LogP) is 7.65. The van der Waals surface area contributed by atoms with E-state index in [1.807, 2.05) is 55.5 Å². The van der Waals surface area contributed by atoms with Gasteiger partial charge in [-0.05, 0) is 61.4 Å². The first-order valence-electron chi connectivity index (χ1n) is 9.29. The van der Waals surface area contributed by atoms with E-state index in [1.165, 1.54) is 0 Å². The van der Waals surface area contributed by atoms with Crippen molar-refractivity contribution in [3.63, 3.8) is 0 Å². The van der Waals surface area contributed by atoms with Crippen LogP contribution in [-0.4, -0.2) is 6.61 Å². The standard InChI is InChI=1S/C23H22BrCl2NO2/c1-3-28-22-12-16(13-27-21-9-8-18(24)10-15(21)2)11-20(26)23(22)29-14-17-6-4-5-7-19(17)25/h4-12,27H,3,13-14H2,1-2H3. The van der Waals surface area contributed by atoms with E-state index in [2.05, 4.69) is 34.2 Å². The maximum absolute atomic E-state index is 6.54. The van der Waals surface area contributed by atoms with Crippen LogP contribution < -0.4 is 14.8 Å². The summed E-state index contributed by atoms with van der Waals surface area (Å²) in [6, 6.07) is 17.6. The van der Waals surface area contributed by atoms with Crippen LogP contribution in [-0.2, 0) is 13.2 Å². The summed E-state index contributed by atoms with van der Waals surface area (Å²) in [5.74, 6) is 1.15. The van der Waals surface area contributed by atoms with Gasteiger partial charge in [-0.15, -0.1) is 0 Å². The van der Waals surface area contributed by atoms with E-state index in [4.69, 9.17) is 32.7 Å². The molecule has 0 bridgehead atoms. The molecule has 0 aromatic heterocycles. The van der Waals surface area contributed by atoms with Crippen LogP contribution in [0.5, 0.6) is 11.5 Å². The Labute approximate surface area is 190 Å². The molecule has 6 heteroatoms. The van der Waals surface area contributed by atoms with Gasteiger partial charge in [-0.2, -0.15) is 0 Å². The molecule has 0 atom stereocenters. The molecular formula is C23H22BrCl2NO2. The molecule has 0 saturated carbocycles. The number of hydrogen-bond donors (Lipinski definition) is 1. The lowest BCUT2D eigenvalue weighted by Gasteiger charge is -2.17. The van der Waals surface area contributed by atoms with E-state index in [0.29, 0.717) is 41.3 Å². The molecule has 3 nitrogen and oxygen atoms in total. The van der Waals surface area contributed by atoms with E-state index < -0.39 is 0 Å². The highest BCUT2D eigenvalue weighted by Crippen LogP contribution is 2.38. The highest BCUT2D eigenvalue weighted by molar-refractivity contribution is 9.10. The molecule has 1 N–H and O–H groups in total. The number of rotatable bonds is 8. The van der Waals surface area contributed by atoms with Gasteiger partial charge < -0.3 is 14.8 Å². The number of ether oxygens (including phenoxy) is 2. The highest BCUT2D eigenvalue weighted by Gasteiger charge is 2.14. The smallest absolute Gasteiger partial charge is 0.180 e. The Morgan fingerprint density at radius 3 is 2.48 bits per heavy atom. The molecule has 152 valence electrons. The van der Waals surface area contributed by atoms with Crippen molar-refractivity contribution in [3.05, 3.63) is 85.8 Å². The fourth-order valence-electron chi connectivity index (χ4n) is 2.91. The molecule has 0 heterocycles. The van der Waals surface area contributed by atoms with Crippen LogP contribution in [0, 0.1) is 6.92 Å². The van der Waals surface area contributed by atoms with Gasteiger partial charge in [-0.25, -0.2) is 0 Å². The summed E-state index contributed by atoms with van der Waals surface area (Å²) in [6.07, 6.45) is 0. The van der Waals surface area contributed by atoms with Gasteiger partial charge >= 0.3 is 0 Å². The molecule has 29 heavy (non-hydrogen) atoms. The van der Waals surface area contributed by atoms with Gasteiger partial charge in [0.15, 0.2) is 11.5 Å². The lowest BCUT2D eigenvalue weighted by Crippen LogP contribution is -2.04. The number of aryl methyl sites for hydroxylation is 1. The molecule has 0 fully saturated rings. The van der Waals surface area contributed by atoms with Crippen LogP contribution in [0.15, 0.2) is 59.1 Å². The summed E-state index contributed by atoms with van der Waals surface area (Å²) in [4.78, 5) is 0. The van der Waals surface area contributed by atoms with Gasteiger partial charge in [-0.3, -0.25) is 0 Å². The topological polar surface area (TPSA) is 30.5 Å². The fourth-order valence-corrected chi connectivity index (χ4v) is 3.87. The zero-order valence-electron chi connectivity index (χ0n) is 16.3. The van der Waals surface area contributed by atoms with E-state index in [-0.39, 0.29) is 0 Å². The first kappa shape index (κ1) is 21.8. The molecule has 0 saturated heterocycles. The molecule has 0 spiro atoms. The number of nitrogens with one attached hydrogen (secondary N) is 1. The SMILES string of the molecule is CCOc1cc(CNc2ccc(Br)cc2C)cc(Cl)c1OCc1ccccc1Cl. The van der Waals surface area contributed by atoms with E-state index in [9.17, 15) is 0 Å². The van der Waals surface area contributed by atoms with Gasteiger partial charge in [-0.1, -0.05) is 57.3 Å². The average Bonchev–Trinajstić information content (AvgIpc) is 2.68. The Balaban J connectivity index is 1.77. The molecule has 0 radical (unpaired) electrons. The second-order valence-electron chi connectivity index (χ2n) is 6.53. The lowest BCUT2D eigenvalue weighted by atomic mass is 10.1. The molecule has 0 unspecified atom stereocenters. The third kappa shape index (κ3) is 5.81. The van der Waals surface area contributed by atoms with Crippen LogP contribution in [0.1, 0.15) is 23.6 Å². The Morgan fingerprint density at radius 1 is 0.966 bits per heavy atom. The van der Waals surface area contributed by atoms with E-state index in [0.717, 1.165) is 26.9 Å². The van der Waals surface area contributed by atoms with Gasteiger partial charge in [0.05, 0.1) is 11.6 Å². The van der Waals surface area contributed by atoms with Gasteiger partial charge in [0, 0.05) is 27.3 Å². The van der Waals surface area contributed by atoms with Gasteiger partial charge in [0.1, 0.15) is 6.61 Å². The quantitative estimate of drug-likeness (QED) is 0.348. The second kappa shape index (κ2) is 10.2. The minimum absolute atomic E-state index is 0.315. The van der Waals surface area contributed by atoms with Crippen molar-refractivity contribution in [3.8, 4) is 11.5 Å². The zero-order chi connectivity index (χ0) is 20.8. The van der Waals surface area contributed by atoms with Crippen LogP contribution in [0.4, 0.5) is 5.69 Å². The summed E-state index contributed by atoms with van der Waals surface area (Å²) >= 11 is 16.2. The number of halogens is 3. The minimum Gasteiger partial charge on any atom is -0.490 e. The second-order valence-corrected chi connectivity index (χ2v) is 8.26. The zero-order valence-corrected chi connectivity index (χ0v) is 19.4. The summed E-state index contributed by atoms with van der Waals surface area (Å²) in [5.41, 5.74) is 4.13. The molecule has 3 aromatic rings. The number of hydrogen-bond acceptors (Lipinski definition) is 3. The molecule has 3 aromatic carbocycles. The average molecular weight is 495 g/mol. The fraction of sp³-hybridized carbons (Fsp3) is 0.217. The molecule has 3 rings (SSSR count). The minimum atomic E-state index is 0.315. The van der Waals surface area contributed by atoms with Gasteiger partial charge in [0.2, 0.25) is 0 Å². The first-order chi connectivity index (χ1) is 14.0. The van der Waals surface area contributed by atoms with Crippen LogP contribution in [0.25, 0.3) is 0 Å². The molecule has 0 aliphatic carbocycles. The van der Waals surface area contributed by atoms with Crippen molar-refractivity contribution in [2.75, 3.05) is 11.9 Å². The molecule has 0 amide bonds. The summed E-state index contributed by atoms with van der Waals surface area (Å²) in [5, 5.41) is 4.61. The summed E-state index contributed by atoms with van der Waals surface area (Å²) in [7, 11) is 0. The Bertz CT molecular complexity index is 995. The maximum atomic E-state index is 6.54. The van der Waals surface area contributed by atoms with Crippen molar-refractivity contribution in [2.45, 2.75) is 27.0 Å². The predicted molar refractivity (Wildman–Crippen MR) is 125 cm³/mol. The highest BCUT2D eigenvalue weighted by atomic mass is 79.9. The van der Waals surface area contributed by atoms with Gasteiger partial charge in [0.25, 0.3) is 0 Å². The summed E-state index contributed by atoms with van der Waals surface area (Å²) in [6.45, 7) is 5.45. The van der Waals surface area contributed by atoms with Crippen molar-refractivity contribution >= 4 is 44.8 Å². The van der Waals surface area contributed by atoms with Crippen molar-refractivity contribution in [1.82, 2.24) is 0 Å². The van der Waals surface area contributed by atoms with E-state index >= 15 is 0 Å². The van der Waals surface area contributed by atoms with Crippen molar-refractivity contribution < 1.29 is 9.47 Å². The third-order valence-corrected chi connectivity index (χ3v) is 5.51. The van der Waals surface area contributed by atoms with Crippen molar-refractivity contribution in [1.29, 1.82) is 0 Å². The number of benzene rings is 3. The third-order valence-electron chi connectivity index (χ3n) is 4.37. The van der Waals surface area contributed by atoms with E-state index in [1.54, 1.807) is 0 Å². The van der Waals surface area contributed by atoms with Crippen LogP contribution in [0.3, 0.4) is 0 Å². The normalized spacial score (nSPS) is 10.7.